The van der Waals surface area contributed by atoms with Gasteiger partial charge in [-0.25, -0.2) is 9.78 Å². The molecule has 7 heteroatoms. The van der Waals surface area contributed by atoms with Crippen molar-refractivity contribution in [2.75, 3.05) is 11.9 Å². The number of hydrogen-bond acceptors (Lipinski definition) is 5. The van der Waals surface area contributed by atoms with Crippen LogP contribution in [-0.4, -0.2) is 28.6 Å². The lowest BCUT2D eigenvalue weighted by molar-refractivity contribution is -0.118. The molecule has 25 heavy (non-hydrogen) atoms. The van der Waals surface area contributed by atoms with Crippen molar-refractivity contribution in [1.29, 1.82) is 0 Å². The Morgan fingerprint density at radius 3 is 2.56 bits per heavy atom. The Balaban J connectivity index is 1.61. The molecule has 3 aromatic rings. The molecule has 0 fully saturated rings. The molecule has 2 aromatic carbocycles. The molecule has 0 saturated heterocycles. The number of nitrogens with one attached hydrogen (secondary N) is 1. The Morgan fingerprint density at radius 1 is 1.08 bits per heavy atom. The van der Waals surface area contributed by atoms with Crippen molar-refractivity contribution in [3.8, 4) is 17.0 Å². The third-order valence-electron chi connectivity index (χ3n) is 3.30. The van der Waals surface area contributed by atoms with E-state index in [0.717, 1.165) is 11.3 Å². The van der Waals surface area contributed by atoms with Crippen LogP contribution in [0.3, 0.4) is 0 Å². The number of thiazole rings is 1. The van der Waals surface area contributed by atoms with E-state index >= 15 is 0 Å². The van der Waals surface area contributed by atoms with Gasteiger partial charge in [-0.2, -0.15) is 0 Å². The molecule has 0 radical (unpaired) electrons. The number of benzene rings is 2. The lowest BCUT2D eigenvalue weighted by Crippen LogP contribution is -2.20. The number of carbonyl (C=O) groups is 2. The molecule has 0 aliphatic rings. The fourth-order valence-electron chi connectivity index (χ4n) is 2.14. The highest BCUT2D eigenvalue weighted by Crippen LogP contribution is 2.24. The minimum Gasteiger partial charge on any atom is -0.483 e. The first-order valence-electron chi connectivity index (χ1n) is 7.39. The van der Waals surface area contributed by atoms with Gasteiger partial charge in [-0.1, -0.05) is 42.5 Å². The quantitative estimate of drug-likeness (QED) is 0.707. The number of aromatic carboxylic acids is 1. The van der Waals surface area contributed by atoms with Gasteiger partial charge in [-0.3, -0.25) is 10.1 Å². The van der Waals surface area contributed by atoms with Crippen LogP contribution in [0.15, 0.2) is 60.0 Å². The fraction of sp³-hybridized carbons (Fsp3) is 0.0556. The van der Waals surface area contributed by atoms with Gasteiger partial charge in [0.2, 0.25) is 0 Å². The molecule has 6 nitrogen and oxygen atoms in total. The molecule has 0 spiro atoms. The molecule has 0 bridgehead atoms. The maximum Gasteiger partial charge on any atom is 0.339 e. The second-order valence-corrected chi connectivity index (χ2v) is 5.90. The average Bonchev–Trinajstić information content (AvgIpc) is 3.09. The first-order valence-corrected chi connectivity index (χ1v) is 8.27. The summed E-state index contributed by atoms with van der Waals surface area (Å²) in [6.07, 6.45) is 0. The van der Waals surface area contributed by atoms with Crippen LogP contribution in [0.1, 0.15) is 10.4 Å². The molecule has 0 aliphatic carbocycles. The predicted molar refractivity (Wildman–Crippen MR) is 95.1 cm³/mol. The van der Waals surface area contributed by atoms with Crippen molar-refractivity contribution >= 4 is 28.3 Å². The number of rotatable bonds is 6. The van der Waals surface area contributed by atoms with E-state index in [1.807, 2.05) is 35.7 Å². The molecular formula is C18H14N2O4S. The van der Waals surface area contributed by atoms with E-state index in [-0.39, 0.29) is 17.9 Å². The normalized spacial score (nSPS) is 10.2. The zero-order valence-electron chi connectivity index (χ0n) is 13.0. The van der Waals surface area contributed by atoms with Crippen molar-refractivity contribution in [2.24, 2.45) is 0 Å². The summed E-state index contributed by atoms with van der Waals surface area (Å²) in [6.45, 7) is -0.301. The Kier molecular flexibility index (Phi) is 5.06. The van der Waals surface area contributed by atoms with Gasteiger partial charge >= 0.3 is 5.97 Å². The first kappa shape index (κ1) is 16.7. The Morgan fingerprint density at radius 2 is 1.80 bits per heavy atom. The summed E-state index contributed by atoms with van der Waals surface area (Å²) in [5, 5.41) is 14.0. The van der Waals surface area contributed by atoms with E-state index in [2.05, 4.69) is 10.3 Å². The van der Waals surface area contributed by atoms with Gasteiger partial charge < -0.3 is 9.84 Å². The SMILES string of the molecule is O=C(COc1ccccc1C(=O)O)Nc1nc(-c2ccccc2)cs1. The van der Waals surface area contributed by atoms with E-state index in [1.54, 1.807) is 12.1 Å². The maximum atomic E-state index is 12.0. The van der Waals surface area contributed by atoms with E-state index in [4.69, 9.17) is 9.84 Å². The van der Waals surface area contributed by atoms with Gasteiger partial charge in [0, 0.05) is 10.9 Å². The summed E-state index contributed by atoms with van der Waals surface area (Å²) in [6, 6.07) is 15.8. The predicted octanol–water partition coefficient (Wildman–Crippen LogP) is 3.53. The van der Waals surface area contributed by atoms with Gasteiger partial charge in [0.1, 0.15) is 11.3 Å². The van der Waals surface area contributed by atoms with Gasteiger partial charge in [0.05, 0.1) is 5.69 Å². The number of ether oxygens (including phenoxy) is 1. The molecule has 3 rings (SSSR count). The number of nitrogens with zero attached hydrogens (tertiary/aromatic N) is 1. The van der Waals surface area contributed by atoms with Crippen molar-refractivity contribution in [3.63, 3.8) is 0 Å². The minimum absolute atomic E-state index is 0.0101. The number of aromatic nitrogens is 1. The minimum atomic E-state index is -1.11. The second-order valence-electron chi connectivity index (χ2n) is 5.04. The van der Waals surface area contributed by atoms with E-state index in [1.165, 1.54) is 23.5 Å². The third-order valence-corrected chi connectivity index (χ3v) is 4.05. The highest BCUT2D eigenvalue weighted by Gasteiger charge is 2.13. The van der Waals surface area contributed by atoms with E-state index < -0.39 is 11.9 Å². The zero-order chi connectivity index (χ0) is 17.6. The van der Waals surface area contributed by atoms with Crippen LogP contribution in [0, 0.1) is 0 Å². The summed E-state index contributed by atoms with van der Waals surface area (Å²) >= 11 is 1.31. The molecule has 2 N–H and O–H groups in total. The molecular weight excluding hydrogens is 340 g/mol. The van der Waals surface area contributed by atoms with Gasteiger partial charge in [-0.15, -0.1) is 11.3 Å². The lowest BCUT2D eigenvalue weighted by Gasteiger charge is -2.08. The smallest absolute Gasteiger partial charge is 0.339 e. The fourth-order valence-corrected chi connectivity index (χ4v) is 2.88. The molecule has 126 valence electrons. The third kappa shape index (κ3) is 4.21. The number of para-hydroxylation sites is 1. The lowest BCUT2D eigenvalue weighted by atomic mass is 10.2. The van der Waals surface area contributed by atoms with Crippen LogP contribution >= 0.6 is 11.3 Å². The zero-order valence-corrected chi connectivity index (χ0v) is 13.8. The number of carboxylic acids is 1. The van der Waals surface area contributed by atoms with Crippen LogP contribution in [0.2, 0.25) is 0 Å². The summed E-state index contributed by atoms with van der Waals surface area (Å²) in [7, 11) is 0. The average molecular weight is 354 g/mol. The van der Waals surface area contributed by atoms with Crippen molar-refractivity contribution < 1.29 is 19.4 Å². The summed E-state index contributed by atoms with van der Waals surface area (Å²) in [4.78, 5) is 27.5. The summed E-state index contributed by atoms with van der Waals surface area (Å²) in [5.41, 5.74) is 1.75. The molecule has 0 unspecified atom stereocenters. The first-order chi connectivity index (χ1) is 12.1. The molecule has 1 aromatic heterocycles. The maximum absolute atomic E-state index is 12.0. The molecule has 0 saturated carbocycles. The standard InChI is InChI=1S/C18H14N2O4S/c21-16(10-24-15-9-5-4-8-13(15)17(22)23)20-18-19-14(11-25-18)12-6-2-1-3-7-12/h1-9,11H,10H2,(H,22,23)(H,19,20,21). The molecule has 0 atom stereocenters. The van der Waals surface area contributed by atoms with Crippen molar-refractivity contribution in [2.45, 2.75) is 0 Å². The number of anilines is 1. The van der Waals surface area contributed by atoms with Crippen molar-refractivity contribution in [3.05, 3.63) is 65.5 Å². The van der Waals surface area contributed by atoms with Crippen LogP contribution < -0.4 is 10.1 Å². The number of carbonyl (C=O) groups excluding carboxylic acids is 1. The summed E-state index contributed by atoms with van der Waals surface area (Å²) < 4.78 is 5.31. The van der Waals surface area contributed by atoms with Crippen LogP contribution in [0.25, 0.3) is 11.3 Å². The van der Waals surface area contributed by atoms with E-state index in [9.17, 15) is 9.59 Å². The highest BCUT2D eigenvalue weighted by molar-refractivity contribution is 7.14. The van der Waals surface area contributed by atoms with Crippen LogP contribution in [0.4, 0.5) is 5.13 Å². The largest absolute Gasteiger partial charge is 0.483 e. The Hall–Kier alpha value is -3.19. The molecule has 0 aliphatic heterocycles. The number of amides is 1. The van der Waals surface area contributed by atoms with Gasteiger partial charge in [0.25, 0.3) is 5.91 Å². The van der Waals surface area contributed by atoms with Crippen LogP contribution in [0.5, 0.6) is 5.75 Å². The Labute approximate surface area is 147 Å². The Bertz CT molecular complexity index is 893. The summed E-state index contributed by atoms with van der Waals surface area (Å²) in [5.74, 6) is -1.37. The topological polar surface area (TPSA) is 88.5 Å². The monoisotopic (exact) mass is 354 g/mol. The molecule has 1 amide bonds. The van der Waals surface area contributed by atoms with Crippen LogP contribution in [-0.2, 0) is 4.79 Å². The second kappa shape index (κ2) is 7.59. The molecule has 1 heterocycles. The van der Waals surface area contributed by atoms with Gasteiger partial charge in [-0.05, 0) is 12.1 Å². The highest BCUT2D eigenvalue weighted by atomic mass is 32.1. The number of hydrogen-bond donors (Lipinski definition) is 2. The number of carboxylic acid groups (broad SMARTS) is 1. The van der Waals surface area contributed by atoms with Crippen molar-refractivity contribution in [1.82, 2.24) is 4.98 Å². The van der Waals surface area contributed by atoms with E-state index in [0.29, 0.717) is 5.13 Å². The van der Waals surface area contributed by atoms with Gasteiger partial charge in [0.15, 0.2) is 11.7 Å².